The van der Waals surface area contributed by atoms with E-state index in [0.29, 0.717) is 11.2 Å². The van der Waals surface area contributed by atoms with Gasteiger partial charge in [-0.3, -0.25) is 14.0 Å². The minimum atomic E-state index is -1.03. The zero-order chi connectivity index (χ0) is 24.2. The van der Waals surface area contributed by atoms with Crippen molar-refractivity contribution in [1.29, 1.82) is 0 Å². The molecule has 0 bridgehead atoms. The smallest absolute Gasteiger partial charge is 0.274 e. The Bertz CT molecular complexity index is 1340. The molecule has 0 spiro atoms. The summed E-state index contributed by atoms with van der Waals surface area (Å²) in [6.45, 7) is 1.51. The van der Waals surface area contributed by atoms with Crippen LogP contribution in [0.4, 0.5) is 10.1 Å². The number of aliphatic hydroxyl groups excluding tert-OH is 2. The number of nitrogens with zero attached hydrogens (tertiary/aromatic N) is 2. The van der Waals surface area contributed by atoms with Crippen LogP contribution in [0, 0.1) is 18.7 Å². The molecule has 7 nitrogen and oxygen atoms in total. The number of imidazole rings is 1. The summed E-state index contributed by atoms with van der Waals surface area (Å²) in [5.74, 6) is -2.40. The number of fused-ring (bicyclic) bond motifs is 1. The summed E-state index contributed by atoms with van der Waals surface area (Å²) >= 11 is 0. The molecule has 0 saturated heterocycles. The SMILES string of the molecule is Cc1ccn2c(C(=O)Nc3cc(C(=O)C[C@@H](CO)[C@@H](O)c4ccccc4)ccc3F)cnc2c1. The lowest BCUT2D eigenvalue weighted by Crippen LogP contribution is -2.21. The number of amides is 1. The Morgan fingerprint density at radius 3 is 2.62 bits per heavy atom. The van der Waals surface area contributed by atoms with E-state index < -0.39 is 36.1 Å². The molecule has 2 heterocycles. The number of aliphatic hydroxyl groups is 2. The van der Waals surface area contributed by atoms with Crippen molar-refractivity contribution in [3.05, 3.63) is 101 Å². The second-order valence-corrected chi connectivity index (χ2v) is 8.15. The van der Waals surface area contributed by atoms with Crippen LogP contribution >= 0.6 is 0 Å². The number of hydrogen-bond acceptors (Lipinski definition) is 5. The summed E-state index contributed by atoms with van der Waals surface area (Å²) in [6.07, 6.45) is 1.91. The summed E-state index contributed by atoms with van der Waals surface area (Å²) in [4.78, 5) is 29.9. The highest BCUT2D eigenvalue weighted by molar-refractivity contribution is 6.04. The molecule has 0 fully saturated rings. The number of pyridine rings is 1. The molecular formula is C26H24FN3O4. The first-order valence-electron chi connectivity index (χ1n) is 10.8. The molecule has 8 heteroatoms. The van der Waals surface area contributed by atoms with Crippen LogP contribution in [-0.4, -0.2) is 37.9 Å². The van der Waals surface area contributed by atoms with E-state index in [1.54, 1.807) is 40.9 Å². The van der Waals surface area contributed by atoms with Gasteiger partial charge < -0.3 is 15.5 Å². The lowest BCUT2D eigenvalue weighted by atomic mass is 9.90. The second-order valence-electron chi connectivity index (χ2n) is 8.15. The highest BCUT2D eigenvalue weighted by Gasteiger charge is 2.24. The van der Waals surface area contributed by atoms with Crippen molar-refractivity contribution in [2.45, 2.75) is 19.4 Å². The fourth-order valence-corrected chi connectivity index (χ4v) is 3.79. The van der Waals surface area contributed by atoms with Gasteiger partial charge in [0.15, 0.2) is 5.78 Å². The van der Waals surface area contributed by atoms with Crippen LogP contribution in [0.15, 0.2) is 73.1 Å². The number of Topliss-reactive ketones (excluding diaryl/α,β-unsaturated/α-hetero) is 1. The first-order chi connectivity index (χ1) is 16.4. The van der Waals surface area contributed by atoms with Crippen LogP contribution in [0.1, 0.15) is 44.5 Å². The molecule has 4 rings (SSSR count). The van der Waals surface area contributed by atoms with Crippen molar-refractivity contribution < 1.29 is 24.2 Å². The van der Waals surface area contributed by atoms with Crippen LogP contribution in [0.5, 0.6) is 0 Å². The molecule has 2 aromatic carbocycles. The zero-order valence-corrected chi connectivity index (χ0v) is 18.5. The monoisotopic (exact) mass is 461 g/mol. The lowest BCUT2D eigenvalue weighted by Gasteiger charge is -2.21. The minimum Gasteiger partial charge on any atom is -0.396 e. The van der Waals surface area contributed by atoms with E-state index in [0.717, 1.165) is 11.6 Å². The molecule has 4 aromatic rings. The van der Waals surface area contributed by atoms with Gasteiger partial charge in [0.1, 0.15) is 17.2 Å². The number of benzene rings is 2. The highest BCUT2D eigenvalue weighted by Crippen LogP contribution is 2.27. The first-order valence-corrected chi connectivity index (χ1v) is 10.8. The van der Waals surface area contributed by atoms with Crippen LogP contribution in [0.25, 0.3) is 5.65 Å². The van der Waals surface area contributed by atoms with Crippen molar-refractivity contribution in [3.63, 3.8) is 0 Å². The van der Waals surface area contributed by atoms with Crippen LogP contribution in [0.2, 0.25) is 0 Å². The van der Waals surface area contributed by atoms with Crippen LogP contribution < -0.4 is 5.32 Å². The number of halogens is 1. The van der Waals surface area contributed by atoms with Gasteiger partial charge in [-0.25, -0.2) is 9.37 Å². The third-order valence-electron chi connectivity index (χ3n) is 5.71. The van der Waals surface area contributed by atoms with Gasteiger partial charge in [0, 0.05) is 30.7 Å². The number of carbonyl (C=O) groups is 2. The van der Waals surface area contributed by atoms with Gasteiger partial charge in [-0.15, -0.1) is 0 Å². The second kappa shape index (κ2) is 9.94. The van der Waals surface area contributed by atoms with Crippen LogP contribution in [0.3, 0.4) is 0 Å². The van der Waals surface area contributed by atoms with Crippen molar-refractivity contribution in [2.75, 3.05) is 11.9 Å². The maximum atomic E-state index is 14.5. The topological polar surface area (TPSA) is 104 Å². The normalized spacial score (nSPS) is 12.9. The Morgan fingerprint density at radius 2 is 1.88 bits per heavy atom. The summed E-state index contributed by atoms with van der Waals surface area (Å²) in [5.41, 5.74) is 2.38. The summed E-state index contributed by atoms with van der Waals surface area (Å²) < 4.78 is 16.0. The first kappa shape index (κ1) is 23.3. The highest BCUT2D eigenvalue weighted by atomic mass is 19.1. The van der Waals surface area contributed by atoms with E-state index in [1.807, 2.05) is 19.1 Å². The molecule has 0 saturated carbocycles. The number of nitrogens with one attached hydrogen (secondary N) is 1. The standard InChI is InChI=1S/C26H24FN3O4/c1-16-9-10-30-22(14-28-24(30)11-16)26(34)29-21-12-18(7-8-20(21)27)23(32)13-19(15-31)25(33)17-5-3-2-4-6-17/h2-12,14,19,25,31,33H,13,15H2,1H3,(H,29,34)/t19-,25-/m0/s1. The van der Waals surface area contributed by atoms with Gasteiger partial charge in [-0.2, -0.15) is 0 Å². The maximum absolute atomic E-state index is 14.5. The predicted molar refractivity (Wildman–Crippen MR) is 125 cm³/mol. The van der Waals surface area contributed by atoms with Gasteiger partial charge in [-0.05, 0) is 48.4 Å². The van der Waals surface area contributed by atoms with Gasteiger partial charge in [0.05, 0.1) is 18.0 Å². The fraction of sp³-hybridized carbons (Fsp3) is 0.192. The number of rotatable bonds is 8. The molecule has 0 aliphatic heterocycles. The molecule has 0 radical (unpaired) electrons. The molecule has 3 N–H and O–H groups in total. The summed E-state index contributed by atoms with van der Waals surface area (Å²) in [6, 6.07) is 16.1. The third-order valence-corrected chi connectivity index (χ3v) is 5.71. The van der Waals surface area contributed by atoms with Crippen molar-refractivity contribution in [3.8, 4) is 0 Å². The van der Waals surface area contributed by atoms with E-state index in [2.05, 4.69) is 10.3 Å². The Balaban J connectivity index is 1.51. The third kappa shape index (κ3) is 4.88. The van der Waals surface area contributed by atoms with Gasteiger partial charge in [0.25, 0.3) is 5.91 Å². The average molecular weight is 461 g/mol. The molecule has 34 heavy (non-hydrogen) atoms. The predicted octanol–water partition coefficient (Wildman–Crippen LogP) is 3.95. The van der Waals surface area contributed by atoms with E-state index in [-0.39, 0.29) is 23.4 Å². The molecule has 2 atom stereocenters. The molecule has 174 valence electrons. The van der Waals surface area contributed by atoms with Gasteiger partial charge >= 0.3 is 0 Å². The minimum absolute atomic E-state index is 0.151. The zero-order valence-electron chi connectivity index (χ0n) is 18.5. The van der Waals surface area contributed by atoms with Crippen LogP contribution in [-0.2, 0) is 0 Å². The lowest BCUT2D eigenvalue weighted by molar-refractivity contribution is 0.0552. The molecule has 1 amide bonds. The molecule has 0 aliphatic rings. The van der Waals surface area contributed by atoms with Gasteiger partial charge in [0.2, 0.25) is 0 Å². The molecule has 0 unspecified atom stereocenters. The molecule has 0 aliphatic carbocycles. The summed E-state index contributed by atoms with van der Waals surface area (Å²) in [7, 11) is 0. The Labute approximate surface area is 195 Å². The number of ketones is 1. The van der Waals surface area contributed by atoms with Crippen molar-refractivity contribution in [1.82, 2.24) is 9.38 Å². The van der Waals surface area contributed by atoms with E-state index in [4.69, 9.17) is 0 Å². The quantitative estimate of drug-likeness (QED) is 0.345. The maximum Gasteiger partial charge on any atom is 0.274 e. The van der Waals surface area contributed by atoms with E-state index >= 15 is 0 Å². The van der Waals surface area contributed by atoms with E-state index in [1.165, 1.54) is 18.3 Å². The average Bonchev–Trinajstić information content (AvgIpc) is 3.27. The summed E-state index contributed by atoms with van der Waals surface area (Å²) in [5, 5.41) is 22.8. The molecular weight excluding hydrogens is 437 g/mol. The number of carbonyl (C=O) groups excluding carboxylic acids is 2. The number of anilines is 1. The van der Waals surface area contributed by atoms with Crippen molar-refractivity contribution >= 4 is 23.0 Å². The fourth-order valence-electron chi connectivity index (χ4n) is 3.79. The number of aromatic nitrogens is 2. The number of aryl methyl sites for hydroxylation is 1. The Morgan fingerprint density at radius 1 is 1.12 bits per heavy atom. The van der Waals surface area contributed by atoms with Crippen molar-refractivity contribution in [2.24, 2.45) is 5.92 Å². The van der Waals surface area contributed by atoms with Gasteiger partial charge in [-0.1, -0.05) is 30.3 Å². The largest absolute Gasteiger partial charge is 0.396 e. The molecule has 2 aromatic heterocycles. The Hall–Kier alpha value is -3.88. The van der Waals surface area contributed by atoms with E-state index in [9.17, 15) is 24.2 Å². The Kier molecular flexibility index (Phi) is 6.81. The number of hydrogen-bond donors (Lipinski definition) is 3.